The van der Waals surface area contributed by atoms with Crippen LogP contribution in [-0.4, -0.2) is 22.6 Å². The monoisotopic (exact) mass is 294 g/mol. The average Bonchev–Trinajstić information content (AvgIpc) is 2.92. The van der Waals surface area contributed by atoms with E-state index in [2.05, 4.69) is 5.32 Å². The third-order valence-corrected chi connectivity index (χ3v) is 4.37. The highest BCUT2D eigenvalue weighted by Crippen LogP contribution is 2.19. The lowest BCUT2D eigenvalue weighted by atomic mass is 10.2. The molecule has 1 aromatic carbocycles. The molecule has 1 N–H and O–H groups in total. The number of nitro groups is 1. The van der Waals surface area contributed by atoms with Crippen LogP contribution in [0.4, 0.5) is 5.69 Å². The number of carbonyl (C=O) groups is 1. The first kappa shape index (κ1) is 14.8. The first-order valence-electron chi connectivity index (χ1n) is 6.75. The van der Waals surface area contributed by atoms with Gasteiger partial charge in [-0.1, -0.05) is 25.0 Å². The van der Waals surface area contributed by atoms with E-state index < -0.39 is 4.92 Å². The van der Waals surface area contributed by atoms with Gasteiger partial charge in [-0.25, -0.2) is 0 Å². The minimum Gasteiger partial charge on any atom is -0.353 e. The average molecular weight is 294 g/mol. The second-order valence-corrected chi connectivity index (χ2v) is 5.95. The molecule has 0 radical (unpaired) electrons. The number of hydrogen-bond acceptors (Lipinski definition) is 4. The molecule has 0 bridgehead atoms. The number of carbonyl (C=O) groups excluding carboxylic acids is 1. The van der Waals surface area contributed by atoms with Gasteiger partial charge < -0.3 is 5.32 Å². The molecule has 0 spiro atoms. The lowest BCUT2D eigenvalue weighted by Gasteiger charge is -2.11. The molecule has 0 unspecified atom stereocenters. The summed E-state index contributed by atoms with van der Waals surface area (Å²) < 4.78 is 0. The van der Waals surface area contributed by atoms with Crippen molar-refractivity contribution in [3.63, 3.8) is 0 Å². The van der Waals surface area contributed by atoms with Crippen LogP contribution in [0.15, 0.2) is 24.3 Å². The lowest BCUT2D eigenvalue weighted by Crippen LogP contribution is -2.33. The standard InChI is InChI=1S/C14H18N2O3S/c17-14(15-12-3-1-2-4-12)10-20-9-11-5-7-13(8-6-11)16(18)19/h5-8,12H,1-4,9-10H2,(H,15,17). The molecule has 108 valence electrons. The lowest BCUT2D eigenvalue weighted by molar-refractivity contribution is -0.384. The molecular formula is C14H18N2O3S. The highest BCUT2D eigenvalue weighted by molar-refractivity contribution is 7.99. The van der Waals surface area contributed by atoms with Gasteiger partial charge in [0.1, 0.15) is 0 Å². The second-order valence-electron chi connectivity index (χ2n) is 4.97. The van der Waals surface area contributed by atoms with Crippen molar-refractivity contribution in [1.82, 2.24) is 5.32 Å². The van der Waals surface area contributed by atoms with E-state index in [4.69, 9.17) is 0 Å². The Morgan fingerprint density at radius 3 is 2.55 bits per heavy atom. The van der Waals surface area contributed by atoms with Gasteiger partial charge in [-0.15, -0.1) is 11.8 Å². The Balaban J connectivity index is 1.69. The Morgan fingerprint density at radius 2 is 1.95 bits per heavy atom. The number of rotatable bonds is 6. The number of non-ortho nitro benzene ring substituents is 1. The molecule has 1 saturated carbocycles. The van der Waals surface area contributed by atoms with Crippen LogP contribution < -0.4 is 5.32 Å². The first-order chi connectivity index (χ1) is 9.65. The zero-order valence-electron chi connectivity index (χ0n) is 11.2. The van der Waals surface area contributed by atoms with Crippen LogP contribution in [0.3, 0.4) is 0 Å². The summed E-state index contributed by atoms with van der Waals surface area (Å²) in [6.07, 6.45) is 4.61. The first-order valence-corrected chi connectivity index (χ1v) is 7.91. The van der Waals surface area contributed by atoms with Crippen molar-refractivity contribution in [2.24, 2.45) is 0 Å². The molecule has 5 nitrogen and oxygen atoms in total. The van der Waals surface area contributed by atoms with Gasteiger partial charge in [-0.3, -0.25) is 14.9 Å². The summed E-state index contributed by atoms with van der Waals surface area (Å²) >= 11 is 1.53. The zero-order chi connectivity index (χ0) is 14.4. The van der Waals surface area contributed by atoms with Crippen LogP contribution in [0.25, 0.3) is 0 Å². The topological polar surface area (TPSA) is 72.2 Å². The molecule has 2 rings (SSSR count). The van der Waals surface area contributed by atoms with E-state index in [9.17, 15) is 14.9 Å². The smallest absolute Gasteiger partial charge is 0.269 e. The van der Waals surface area contributed by atoms with Crippen molar-refractivity contribution >= 4 is 23.4 Å². The summed E-state index contributed by atoms with van der Waals surface area (Å²) in [6.45, 7) is 0. The quantitative estimate of drug-likeness (QED) is 0.647. The summed E-state index contributed by atoms with van der Waals surface area (Å²) in [7, 11) is 0. The van der Waals surface area contributed by atoms with E-state index in [1.54, 1.807) is 12.1 Å². The van der Waals surface area contributed by atoms with Crippen molar-refractivity contribution in [2.75, 3.05) is 5.75 Å². The molecule has 0 aliphatic heterocycles. The van der Waals surface area contributed by atoms with E-state index in [1.165, 1.54) is 36.7 Å². The van der Waals surface area contributed by atoms with Crippen molar-refractivity contribution in [3.8, 4) is 0 Å². The normalized spacial score (nSPS) is 15.2. The minimum atomic E-state index is -0.411. The molecule has 0 heterocycles. The van der Waals surface area contributed by atoms with Crippen molar-refractivity contribution in [3.05, 3.63) is 39.9 Å². The van der Waals surface area contributed by atoms with Gasteiger partial charge >= 0.3 is 0 Å². The molecule has 6 heteroatoms. The van der Waals surface area contributed by atoms with Gasteiger partial charge in [0.15, 0.2) is 0 Å². The maximum atomic E-state index is 11.7. The fourth-order valence-electron chi connectivity index (χ4n) is 2.31. The van der Waals surface area contributed by atoms with Gasteiger partial charge in [0.05, 0.1) is 10.7 Å². The summed E-state index contributed by atoms with van der Waals surface area (Å²) in [5.41, 5.74) is 1.09. The maximum Gasteiger partial charge on any atom is 0.269 e. The van der Waals surface area contributed by atoms with Gasteiger partial charge in [0.25, 0.3) is 5.69 Å². The van der Waals surface area contributed by atoms with Crippen LogP contribution in [0, 0.1) is 10.1 Å². The molecule has 1 aliphatic carbocycles. The number of amides is 1. The third-order valence-electron chi connectivity index (χ3n) is 3.37. The van der Waals surface area contributed by atoms with Gasteiger partial charge in [-0.05, 0) is 18.4 Å². The number of thioether (sulfide) groups is 1. The molecule has 1 aromatic rings. The van der Waals surface area contributed by atoms with Crippen molar-refractivity contribution in [1.29, 1.82) is 0 Å². The highest BCUT2D eigenvalue weighted by Gasteiger charge is 2.16. The summed E-state index contributed by atoms with van der Waals surface area (Å²) in [5, 5.41) is 13.6. The van der Waals surface area contributed by atoms with Gasteiger partial charge in [0, 0.05) is 23.9 Å². The van der Waals surface area contributed by atoms with Crippen LogP contribution in [0.2, 0.25) is 0 Å². The Bertz CT molecular complexity index is 470. The van der Waals surface area contributed by atoms with E-state index in [-0.39, 0.29) is 11.6 Å². The number of nitrogens with one attached hydrogen (secondary N) is 1. The molecule has 0 aromatic heterocycles. The Labute approximate surface area is 122 Å². The van der Waals surface area contributed by atoms with E-state index in [1.807, 2.05) is 0 Å². The van der Waals surface area contributed by atoms with Gasteiger partial charge in [-0.2, -0.15) is 0 Å². The summed E-state index contributed by atoms with van der Waals surface area (Å²) in [5.74, 6) is 1.22. The number of nitro benzene ring substituents is 1. The Morgan fingerprint density at radius 1 is 1.30 bits per heavy atom. The second kappa shape index (κ2) is 7.28. The predicted octanol–water partition coefficient (Wildman–Crippen LogP) is 2.89. The zero-order valence-corrected chi connectivity index (χ0v) is 12.0. The maximum absolute atomic E-state index is 11.7. The molecule has 0 saturated heterocycles. The highest BCUT2D eigenvalue weighted by atomic mass is 32.2. The summed E-state index contributed by atoms with van der Waals surface area (Å²) in [6, 6.07) is 6.82. The van der Waals surface area contributed by atoms with Crippen LogP contribution in [0.5, 0.6) is 0 Å². The molecule has 20 heavy (non-hydrogen) atoms. The van der Waals surface area contributed by atoms with Crippen LogP contribution in [0.1, 0.15) is 31.2 Å². The van der Waals surface area contributed by atoms with Crippen molar-refractivity contribution < 1.29 is 9.72 Å². The fourth-order valence-corrected chi connectivity index (χ4v) is 3.11. The number of nitrogens with zero attached hydrogens (tertiary/aromatic N) is 1. The Kier molecular flexibility index (Phi) is 5.40. The molecule has 1 fully saturated rings. The van der Waals surface area contributed by atoms with E-state index in [0.29, 0.717) is 17.5 Å². The van der Waals surface area contributed by atoms with Crippen LogP contribution >= 0.6 is 11.8 Å². The predicted molar refractivity (Wildman–Crippen MR) is 79.7 cm³/mol. The SMILES string of the molecule is O=C(CSCc1ccc([N+](=O)[O-])cc1)NC1CCCC1. The Hall–Kier alpha value is -1.56. The molecular weight excluding hydrogens is 276 g/mol. The van der Waals surface area contributed by atoms with E-state index in [0.717, 1.165) is 18.4 Å². The summed E-state index contributed by atoms with van der Waals surface area (Å²) in [4.78, 5) is 21.8. The molecule has 1 amide bonds. The number of hydrogen-bond donors (Lipinski definition) is 1. The van der Waals surface area contributed by atoms with Crippen molar-refractivity contribution in [2.45, 2.75) is 37.5 Å². The van der Waals surface area contributed by atoms with Gasteiger partial charge in [0.2, 0.25) is 5.91 Å². The minimum absolute atomic E-state index is 0.0869. The third kappa shape index (κ3) is 4.52. The van der Waals surface area contributed by atoms with E-state index >= 15 is 0 Å². The largest absolute Gasteiger partial charge is 0.353 e. The molecule has 1 aliphatic rings. The number of benzene rings is 1. The molecule has 0 atom stereocenters. The van der Waals surface area contributed by atoms with Crippen LogP contribution in [-0.2, 0) is 10.5 Å². The fraction of sp³-hybridized carbons (Fsp3) is 0.500.